The summed E-state index contributed by atoms with van der Waals surface area (Å²) in [5.74, 6) is -0.0703. The van der Waals surface area contributed by atoms with Crippen LogP contribution in [0.1, 0.15) is 22.3 Å². The summed E-state index contributed by atoms with van der Waals surface area (Å²) in [4.78, 5) is 17.2. The van der Waals surface area contributed by atoms with E-state index < -0.39 is 19.9 Å². The van der Waals surface area contributed by atoms with Crippen molar-refractivity contribution in [3.05, 3.63) is 45.0 Å². The summed E-state index contributed by atoms with van der Waals surface area (Å²) in [6.07, 6.45) is 2.24. The Bertz CT molecular complexity index is 1410. The quantitative estimate of drug-likeness (QED) is 0.392. The Hall–Kier alpha value is -2.19. The number of aromatic nitrogens is 1. The van der Waals surface area contributed by atoms with E-state index >= 15 is 0 Å². The third-order valence-electron chi connectivity index (χ3n) is 4.90. The van der Waals surface area contributed by atoms with Crippen molar-refractivity contribution in [2.45, 2.75) is 13.3 Å². The molecular formula is C21H24IN3O6S2. The molecular weight excluding hydrogens is 581 g/mol. The van der Waals surface area contributed by atoms with Gasteiger partial charge in [0.05, 0.1) is 26.5 Å². The fraction of sp³-hybridized carbons (Fsp3) is 0.333. The third kappa shape index (κ3) is 5.84. The van der Waals surface area contributed by atoms with Gasteiger partial charge in [-0.05, 0) is 42.0 Å². The summed E-state index contributed by atoms with van der Waals surface area (Å²) in [5.41, 5.74) is 2.14. The molecule has 2 heterocycles. The van der Waals surface area contributed by atoms with Gasteiger partial charge >= 0.3 is 0 Å². The molecule has 0 radical (unpaired) electrons. The minimum atomic E-state index is -3.76. The predicted molar refractivity (Wildman–Crippen MR) is 137 cm³/mol. The number of pyridine rings is 1. The van der Waals surface area contributed by atoms with Crippen molar-refractivity contribution < 1.29 is 26.0 Å². The second kappa shape index (κ2) is 9.58. The van der Waals surface area contributed by atoms with Gasteiger partial charge in [-0.3, -0.25) is 9.10 Å². The lowest BCUT2D eigenvalue weighted by Crippen LogP contribution is -2.33. The summed E-state index contributed by atoms with van der Waals surface area (Å²) in [6, 6.07) is 9.11. The van der Waals surface area contributed by atoms with Gasteiger partial charge in [0.1, 0.15) is 15.6 Å². The fourth-order valence-corrected chi connectivity index (χ4v) is 5.78. The smallest absolute Gasteiger partial charge is 0.255 e. The Morgan fingerprint density at radius 3 is 2.33 bits per heavy atom. The molecule has 0 unspecified atom stereocenters. The Kier molecular flexibility index (Phi) is 7.39. The molecule has 1 aromatic carbocycles. The van der Waals surface area contributed by atoms with Crippen LogP contribution in [0.15, 0.2) is 34.7 Å². The lowest BCUT2D eigenvalue weighted by atomic mass is 10.0. The van der Waals surface area contributed by atoms with Gasteiger partial charge in [0, 0.05) is 25.4 Å². The molecule has 3 aromatic rings. The van der Waals surface area contributed by atoms with Gasteiger partial charge < -0.3 is 9.73 Å². The number of carbonyl (C=O) groups is 1. The maximum atomic E-state index is 12.7. The van der Waals surface area contributed by atoms with Crippen LogP contribution in [0.5, 0.6) is 0 Å². The van der Waals surface area contributed by atoms with Crippen molar-refractivity contribution in [3.8, 4) is 11.3 Å². The van der Waals surface area contributed by atoms with Crippen molar-refractivity contribution in [2.75, 3.05) is 36.2 Å². The van der Waals surface area contributed by atoms with Crippen molar-refractivity contribution in [1.82, 2.24) is 10.3 Å². The number of sulfone groups is 1. The molecule has 0 bridgehead atoms. The number of fused-ring (bicyclic) bond motifs is 1. The lowest BCUT2D eigenvalue weighted by Gasteiger charge is -2.22. The lowest BCUT2D eigenvalue weighted by molar-refractivity contribution is 0.0964. The van der Waals surface area contributed by atoms with Gasteiger partial charge in [0.2, 0.25) is 15.7 Å². The number of anilines is 1. The molecule has 0 saturated carbocycles. The zero-order chi connectivity index (χ0) is 24.6. The molecule has 178 valence electrons. The molecule has 12 heteroatoms. The second-order valence-corrected chi connectivity index (χ2v) is 13.0. The summed E-state index contributed by atoms with van der Waals surface area (Å²) in [6.45, 7) is 1.88. The Labute approximate surface area is 206 Å². The highest BCUT2D eigenvalue weighted by Gasteiger charge is 2.27. The molecule has 33 heavy (non-hydrogen) atoms. The number of furan rings is 1. The third-order valence-corrected chi connectivity index (χ3v) is 7.88. The molecule has 2 aromatic heterocycles. The number of sulfonamides is 1. The summed E-state index contributed by atoms with van der Waals surface area (Å²) in [5, 5.41) is 3.06. The Morgan fingerprint density at radius 2 is 1.79 bits per heavy atom. The number of hydrogen-bond acceptors (Lipinski definition) is 7. The van der Waals surface area contributed by atoms with E-state index in [-0.39, 0.29) is 36.2 Å². The van der Waals surface area contributed by atoms with Crippen molar-refractivity contribution in [2.24, 2.45) is 0 Å². The zero-order valence-electron chi connectivity index (χ0n) is 18.5. The number of amides is 1. The molecule has 0 aliphatic carbocycles. The second-order valence-electron chi connectivity index (χ2n) is 7.72. The zero-order valence-corrected chi connectivity index (χ0v) is 22.3. The van der Waals surface area contributed by atoms with Gasteiger partial charge in [-0.1, -0.05) is 29.8 Å². The average molecular weight is 605 g/mol. The number of nitrogens with one attached hydrogen (secondary N) is 1. The van der Waals surface area contributed by atoms with Gasteiger partial charge in [-0.25, -0.2) is 16.8 Å². The summed E-state index contributed by atoms with van der Waals surface area (Å²) < 4.78 is 55.5. The molecule has 9 nitrogen and oxygen atoms in total. The number of nitrogens with zero attached hydrogens (tertiary/aromatic N) is 2. The number of rotatable bonds is 8. The SMILES string of the molecule is CNC(=O)c1c(-c2ccc(C)cc2)oc2nc(N(CCCS(C)(=O)=O)S(C)(=O)=O)c(I)cc12. The van der Waals surface area contributed by atoms with E-state index in [0.717, 1.165) is 22.4 Å². The van der Waals surface area contributed by atoms with E-state index in [1.807, 2.05) is 53.8 Å². The van der Waals surface area contributed by atoms with Crippen LogP contribution < -0.4 is 9.62 Å². The van der Waals surface area contributed by atoms with E-state index in [4.69, 9.17) is 4.42 Å². The van der Waals surface area contributed by atoms with E-state index in [1.165, 1.54) is 7.05 Å². The maximum Gasteiger partial charge on any atom is 0.255 e. The molecule has 1 N–H and O–H groups in total. The monoisotopic (exact) mass is 605 g/mol. The largest absolute Gasteiger partial charge is 0.437 e. The summed E-state index contributed by atoms with van der Waals surface area (Å²) in [7, 11) is -5.49. The highest BCUT2D eigenvalue weighted by Crippen LogP contribution is 2.36. The first-order valence-corrected chi connectivity index (χ1v) is 14.9. The van der Waals surface area contributed by atoms with Gasteiger partial charge in [0.15, 0.2) is 5.82 Å². The predicted octanol–water partition coefficient (Wildman–Crippen LogP) is 2.97. The first kappa shape index (κ1) is 25.4. The van der Waals surface area contributed by atoms with Crippen LogP contribution in [-0.2, 0) is 19.9 Å². The van der Waals surface area contributed by atoms with Crippen LogP contribution in [0.25, 0.3) is 22.4 Å². The van der Waals surface area contributed by atoms with Crippen LogP contribution in [-0.4, -0.2) is 59.6 Å². The number of halogens is 1. The average Bonchev–Trinajstić information content (AvgIpc) is 3.07. The highest BCUT2D eigenvalue weighted by atomic mass is 127. The number of hydrogen-bond donors (Lipinski definition) is 1. The van der Waals surface area contributed by atoms with Crippen LogP contribution in [0.4, 0.5) is 5.82 Å². The van der Waals surface area contributed by atoms with Gasteiger partial charge in [0.25, 0.3) is 5.91 Å². The maximum absolute atomic E-state index is 12.7. The molecule has 0 spiro atoms. The minimum absolute atomic E-state index is 0.0613. The fourth-order valence-electron chi connectivity index (χ4n) is 3.32. The molecule has 0 aliphatic heterocycles. The van der Waals surface area contributed by atoms with Crippen LogP contribution in [0, 0.1) is 10.5 Å². The Morgan fingerprint density at radius 1 is 1.15 bits per heavy atom. The van der Waals surface area contributed by atoms with E-state index in [2.05, 4.69) is 10.3 Å². The van der Waals surface area contributed by atoms with Crippen LogP contribution in [0.3, 0.4) is 0 Å². The molecule has 0 saturated heterocycles. The first-order chi connectivity index (χ1) is 15.3. The standard InChI is InChI=1S/C21H24IN3O6S2/c1-13-6-8-14(9-7-13)18-17(20(26)23-2)15-12-16(22)19(24-21(15)31-18)25(33(4,29)30)10-5-11-32(3,27)28/h6-9,12H,5,10-11H2,1-4H3,(H,23,26). The molecule has 0 atom stereocenters. The van der Waals surface area contributed by atoms with Crippen LogP contribution in [0.2, 0.25) is 0 Å². The Balaban J connectivity index is 2.17. The molecule has 0 fully saturated rings. The minimum Gasteiger partial charge on any atom is -0.437 e. The highest BCUT2D eigenvalue weighted by molar-refractivity contribution is 14.1. The molecule has 0 aliphatic rings. The van der Waals surface area contributed by atoms with Crippen molar-refractivity contribution >= 4 is 65.3 Å². The van der Waals surface area contributed by atoms with E-state index in [9.17, 15) is 21.6 Å². The summed E-state index contributed by atoms with van der Waals surface area (Å²) >= 11 is 1.95. The number of carbonyl (C=O) groups excluding carboxylic acids is 1. The molecule has 1 amide bonds. The van der Waals surface area contributed by atoms with E-state index in [0.29, 0.717) is 25.8 Å². The first-order valence-electron chi connectivity index (χ1n) is 9.89. The van der Waals surface area contributed by atoms with Crippen molar-refractivity contribution in [3.63, 3.8) is 0 Å². The topological polar surface area (TPSA) is 127 Å². The normalized spacial score (nSPS) is 12.2. The van der Waals surface area contributed by atoms with Gasteiger partial charge in [-0.2, -0.15) is 4.98 Å². The number of benzene rings is 1. The number of aryl methyl sites for hydroxylation is 1. The molecule has 3 rings (SSSR count). The van der Waals surface area contributed by atoms with E-state index in [1.54, 1.807) is 6.07 Å². The van der Waals surface area contributed by atoms with Gasteiger partial charge in [-0.15, -0.1) is 0 Å². The van der Waals surface area contributed by atoms with Crippen molar-refractivity contribution in [1.29, 1.82) is 0 Å². The van der Waals surface area contributed by atoms with Crippen LogP contribution >= 0.6 is 22.6 Å².